The van der Waals surface area contributed by atoms with Gasteiger partial charge in [-0.25, -0.2) is 4.79 Å². The molecule has 2 aliphatic rings. The van der Waals surface area contributed by atoms with Crippen molar-refractivity contribution in [2.45, 2.75) is 31.3 Å². The molecule has 2 fully saturated rings. The smallest absolute Gasteiger partial charge is 0.334 e. The maximum atomic E-state index is 13.5. The van der Waals surface area contributed by atoms with Gasteiger partial charge in [-0.05, 0) is 35.8 Å². The van der Waals surface area contributed by atoms with Crippen molar-refractivity contribution in [3.8, 4) is 0 Å². The number of nitrogens with zero attached hydrogens (tertiary/aromatic N) is 1. The summed E-state index contributed by atoms with van der Waals surface area (Å²) in [6, 6.07) is 24.0. The Kier molecular flexibility index (Phi) is 6.40. The van der Waals surface area contributed by atoms with Crippen LogP contribution in [-0.2, 0) is 19.1 Å². The molecule has 5 rings (SSSR count). The number of benzene rings is 3. The van der Waals surface area contributed by atoms with Gasteiger partial charge >= 0.3 is 5.97 Å². The van der Waals surface area contributed by atoms with Crippen LogP contribution in [0.1, 0.15) is 33.2 Å². The fourth-order valence-electron chi connectivity index (χ4n) is 4.51. The summed E-state index contributed by atoms with van der Waals surface area (Å²) in [4.78, 5) is 40.5. The van der Waals surface area contributed by atoms with Gasteiger partial charge in [0.05, 0.1) is 6.61 Å². The average molecular weight is 483 g/mol. The number of fused-ring (bicyclic) bond motifs is 1. The lowest BCUT2D eigenvalue weighted by Gasteiger charge is -2.52. The maximum Gasteiger partial charge on any atom is 0.334 e. The summed E-state index contributed by atoms with van der Waals surface area (Å²) in [5, 5.41) is 2.73. The molecule has 0 bridgehead atoms. The van der Waals surface area contributed by atoms with Crippen molar-refractivity contribution < 1.29 is 23.9 Å². The number of carbonyl (C=O) groups excluding carboxylic acids is 3. The number of esters is 1. The molecular formula is C29H26N2O5. The van der Waals surface area contributed by atoms with Crippen LogP contribution in [0.2, 0.25) is 0 Å². The highest BCUT2D eigenvalue weighted by atomic mass is 16.6. The fourth-order valence-corrected chi connectivity index (χ4v) is 4.51. The molecule has 1 N–H and O–H groups in total. The van der Waals surface area contributed by atoms with Crippen LogP contribution in [0.4, 0.5) is 0 Å². The number of rotatable bonds is 6. The van der Waals surface area contributed by atoms with Crippen LogP contribution in [0.5, 0.6) is 0 Å². The first kappa shape index (κ1) is 23.5. The third kappa shape index (κ3) is 4.41. The van der Waals surface area contributed by atoms with Gasteiger partial charge in [0.25, 0.3) is 11.8 Å². The topological polar surface area (TPSA) is 84.9 Å². The summed E-state index contributed by atoms with van der Waals surface area (Å²) in [5.41, 5.74) is 3.51. The van der Waals surface area contributed by atoms with E-state index in [1.807, 2.05) is 79.7 Å². The van der Waals surface area contributed by atoms with Gasteiger partial charge in [0.2, 0.25) is 0 Å². The quantitative estimate of drug-likeness (QED) is 0.330. The number of aryl methyl sites for hydroxylation is 1. The number of hydrogen-bond acceptors (Lipinski definition) is 5. The summed E-state index contributed by atoms with van der Waals surface area (Å²) in [7, 11) is 0. The van der Waals surface area contributed by atoms with Crippen molar-refractivity contribution in [1.82, 2.24) is 10.2 Å². The minimum atomic E-state index is -1.00. The number of amides is 2. The molecule has 3 aromatic rings. The van der Waals surface area contributed by atoms with Gasteiger partial charge in [-0.1, -0.05) is 84.9 Å². The van der Waals surface area contributed by atoms with Crippen molar-refractivity contribution >= 4 is 17.8 Å². The summed E-state index contributed by atoms with van der Waals surface area (Å²) in [6.07, 6.45) is -1.43. The molecule has 2 aliphatic heterocycles. The van der Waals surface area contributed by atoms with Crippen molar-refractivity contribution in [2.24, 2.45) is 0 Å². The molecule has 2 amide bonds. The lowest BCUT2D eigenvalue weighted by molar-refractivity contribution is -0.204. The third-order valence-electron chi connectivity index (χ3n) is 6.45. The van der Waals surface area contributed by atoms with E-state index in [1.165, 1.54) is 4.90 Å². The number of β-lactam (4-membered cyclic amide) rings is 1. The Balaban J connectivity index is 1.33. The molecule has 1 unspecified atom stereocenters. The predicted molar refractivity (Wildman–Crippen MR) is 133 cm³/mol. The number of hydrogen-bond donors (Lipinski definition) is 1. The van der Waals surface area contributed by atoms with Gasteiger partial charge in [0.1, 0.15) is 0 Å². The number of nitrogens with one attached hydrogen (secondary N) is 1. The van der Waals surface area contributed by atoms with Gasteiger partial charge in [-0.15, -0.1) is 0 Å². The Labute approximate surface area is 209 Å². The molecule has 0 spiro atoms. The molecule has 0 saturated carbocycles. The fraction of sp³-hybridized carbons (Fsp3) is 0.207. The molecule has 3 aromatic carbocycles. The second-order valence-electron chi connectivity index (χ2n) is 8.96. The summed E-state index contributed by atoms with van der Waals surface area (Å²) < 4.78 is 11.8. The zero-order valence-electron chi connectivity index (χ0n) is 19.8. The van der Waals surface area contributed by atoms with Crippen molar-refractivity contribution in [2.75, 3.05) is 6.61 Å². The van der Waals surface area contributed by atoms with E-state index >= 15 is 0 Å². The van der Waals surface area contributed by atoms with E-state index in [4.69, 9.17) is 9.47 Å². The SMILES string of the molecule is C=C1CO[C@@H]2[C@H](NC(=O)c3ccc(C)cc3)C(=O)N2C1C(=O)OC(c1ccccc1)c1ccccc1. The van der Waals surface area contributed by atoms with Crippen LogP contribution in [0.15, 0.2) is 97.1 Å². The van der Waals surface area contributed by atoms with Gasteiger partial charge in [0, 0.05) is 5.56 Å². The van der Waals surface area contributed by atoms with E-state index in [1.54, 1.807) is 12.1 Å². The molecule has 7 heteroatoms. The lowest BCUT2D eigenvalue weighted by Crippen LogP contribution is -2.77. The Morgan fingerprint density at radius 1 is 0.972 bits per heavy atom. The highest BCUT2D eigenvalue weighted by Gasteiger charge is 2.57. The predicted octanol–water partition coefficient (Wildman–Crippen LogP) is 3.55. The Bertz CT molecular complexity index is 1250. The molecule has 36 heavy (non-hydrogen) atoms. The summed E-state index contributed by atoms with van der Waals surface area (Å²) in [5.74, 6) is -1.39. The van der Waals surface area contributed by atoms with E-state index in [-0.39, 0.29) is 12.5 Å². The molecule has 3 atom stereocenters. The zero-order chi connectivity index (χ0) is 25.2. The first-order valence-corrected chi connectivity index (χ1v) is 11.7. The van der Waals surface area contributed by atoms with Crippen LogP contribution in [0.25, 0.3) is 0 Å². The molecule has 7 nitrogen and oxygen atoms in total. The second kappa shape index (κ2) is 9.79. The second-order valence-corrected chi connectivity index (χ2v) is 8.96. The lowest BCUT2D eigenvalue weighted by atomic mass is 9.94. The Morgan fingerprint density at radius 3 is 2.14 bits per heavy atom. The highest BCUT2D eigenvalue weighted by molar-refractivity contribution is 6.01. The van der Waals surface area contributed by atoms with Crippen LogP contribution in [0, 0.1) is 6.92 Å². The van der Waals surface area contributed by atoms with E-state index in [9.17, 15) is 14.4 Å². The van der Waals surface area contributed by atoms with Crippen LogP contribution >= 0.6 is 0 Å². The van der Waals surface area contributed by atoms with E-state index in [2.05, 4.69) is 11.9 Å². The molecule has 0 aliphatic carbocycles. The first-order valence-electron chi connectivity index (χ1n) is 11.7. The molecular weight excluding hydrogens is 456 g/mol. The third-order valence-corrected chi connectivity index (χ3v) is 6.45. The van der Waals surface area contributed by atoms with Crippen LogP contribution in [-0.4, -0.2) is 47.6 Å². The number of carbonyl (C=O) groups is 3. The Hall–Kier alpha value is -4.23. The molecule has 0 aromatic heterocycles. The van der Waals surface area contributed by atoms with Gasteiger partial charge in [-0.2, -0.15) is 0 Å². The van der Waals surface area contributed by atoms with Gasteiger partial charge in [-0.3, -0.25) is 14.5 Å². The largest absolute Gasteiger partial charge is 0.451 e. The molecule has 2 saturated heterocycles. The van der Waals surface area contributed by atoms with Crippen LogP contribution in [0.3, 0.4) is 0 Å². The van der Waals surface area contributed by atoms with Crippen LogP contribution < -0.4 is 5.32 Å². The van der Waals surface area contributed by atoms with E-state index < -0.39 is 36.3 Å². The summed E-state index contributed by atoms with van der Waals surface area (Å²) in [6.45, 7) is 5.96. The summed E-state index contributed by atoms with van der Waals surface area (Å²) >= 11 is 0. The van der Waals surface area contributed by atoms with Crippen molar-refractivity contribution in [3.05, 3.63) is 119 Å². The standard InChI is InChI=1S/C29H26N2O5/c1-18-13-15-22(16-14-18)26(32)30-23-27(33)31-24(19(2)17-35-28(23)31)29(34)36-25(20-9-5-3-6-10-20)21-11-7-4-8-12-21/h3-16,23-25,28H,2,17H2,1H3,(H,30,32)/t23-,24?,28-/m1/s1. The van der Waals surface area contributed by atoms with Crippen molar-refractivity contribution in [3.63, 3.8) is 0 Å². The minimum absolute atomic E-state index is 0.0758. The van der Waals surface area contributed by atoms with Crippen molar-refractivity contribution in [1.29, 1.82) is 0 Å². The molecule has 182 valence electrons. The monoisotopic (exact) mass is 482 g/mol. The zero-order valence-corrected chi connectivity index (χ0v) is 19.8. The van der Waals surface area contributed by atoms with E-state index in [0.717, 1.165) is 16.7 Å². The number of ether oxygens (including phenoxy) is 2. The average Bonchev–Trinajstić information content (AvgIpc) is 2.91. The Morgan fingerprint density at radius 2 is 1.56 bits per heavy atom. The normalized spacial score (nSPS) is 20.9. The highest BCUT2D eigenvalue weighted by Crippen LogP contribution is 2.35. The van der Waals surface area contributed by atoms with Gasteiger partial charge < -0.3 is 14.8 Å². The maximum absolute atomic E-state index is 13.5. The molecule has 0 radical (unpaired) electrons. The molecule has 2 heterocycles. The van der Waals surface area contributed by atoms with E-state index in [0.29, 0.717) is 11.1 Å². The van der Waals surface area contributed by atoms with Gasteiger partial charge in [0.15, 0.2) is 24.4 Å². The minimum Gasteiger partial charge on any atom is -0.451 e. The first-order chi connectivity index (χ1) is 17.4.